The highest BCUT2D eigenvalue weighted by molar-refractivity contribution is 5.97. The van der Waals surface area contributed by atoms with Gasteiger partial charge in [-0.25, -0.2) is 4.79 Å². The molecule has 1 fully saturated rings. The number of ether oxygens (including phenoxy) is 1. The largest absolute Gasteiger partial charge is 0.456 e. The van der Waals surface area contributed by atoms with Crippen molar-refractivity contribution < 1.29 is 14.3 Å². The molecule has 1 amide bonds. The minimum Gasteiger partial charge on any atom is -0.456 e. The molecule has 2 heterocycles. The van der Waals surface area contributed by atoms with E-state index in [4.69, 9.17) is 4.74 Å². The second-order valence-electron chi connectivity index (χ2n) is 6.84. The van der Waals surface area contributed by atoms with Gasteiger partial charge in [0.25, 0.3) is 5.91 Å². The van der Waals surface area contributed by atoms with Crippen molar-refractivity contribution in [3.8, 4) is 0 Å². The van der Waals surface area contributed by atoms with E-state index in [-0.39, 0.29) is 18.6 Å². The SMILES string of the molecule is CCCN(C(=O)c1c[nH]c(C(=O)OCc2ccccc2)c1)C1CCNCC1. The van der Waals surface area contributed by atoms with Gasteiger partial charge in [-0.2, -0.15) is 0 Å². The molecule has 2 aromatic rings. The first-order chi connectivity index (χ1) is 13.2. The van der Waals surface area contributed by atoms with Crippen LogP contribution in [0.25, 0.3) is 0 Å². The number of amides is 1. The van der Waals surface area contributed by atoms with Crippen molar-refractivity contribution in [3.63, 3.8) is 0 Å². The summed E-state index contributed by atoms with van der Waals surface area (Å²) in [4.78, 5) is 30.1. The number of piperidine rings is 1. The molecule has 27 heavy (non-hydrogen) atoms. The number of hydrogen-bond acceptors (Lipinski definition) is 4. The van der Waals surface area contributed by atoms with Crippen LogP contribution in [0.2, 0.25) is 0 Å². The Kier molecular flexibility index (Phi) is 6.65. The first-order valence-electron chi connectivity index (χ1n) is 9.60. The quantitative estimate of drug-likeness (QED) is 0.736. The predicted molar refractivity (Wildman–Crippen MR) is 104 cm³/mol. The maximum Gasteiger partial charge on any atom is 0.355 e. The van der Waals surface area contributed by atoms with Crippen molar-refractivity contribution in [2.24, 2.45) is 0 Å². The van der Waals surface area contributed by atoms with Crippen LogP contribution in [0.15, 0.2) is 42.6 Å². The molecular weight excluding hydrogens is 342 g/mol. The molecule has 0 radical (unpaired) electrons. The van der Waals surface area contributed by atoms with Gasteiger partial charge in [-0.1, -0.05) is 37.3 Å². The van der Waals surface area contributed by atoms with Crippen molar-refractivity contribution in [3.05, 3.63) is 59.4 Å². The molecule has 2 N–H and O–H groups in total. The van der Waals surface area contributed by atoms with Crippen molar-refractivity contribution in [1.82, 2.24) is 15.2 Å². The lowest BCUT2D eigenvalue weighted by atomic mass is 10.0. The highest BCUT2D eigenvalue weighted by Crippen LogP contribution is 2.17. The molecule has 144 valence electrons. The zero-order chi connectivity index (χ0) is 19.1. The standard InChI is InChI=1S/C21H27N3O3/c1-2-12-24(18-8-10-22-11-9-18)20(25)17-13-19(23-14-17)21(26)27-15-16-6-4-3-5-7-16/h3-7,13-14,18,22-23H,2,8-12,15H2,1H3. The summed E-state index contributed by atoms with van der Waals surface area (Å²) in [6, 6.07) is 11.4. The van der Waals surface area contributed by atoms with E-state index in [2.05, 4.69) is 17.2 Å². The first kappa shape index (κ1) is 19.2. The van der Waals surface area contributed by atoms with Gasteiger partial charge in [0, 0.05) is 18.8 Å². The smallest absolute Gasteiger partial charge is 0.355 e. The lowest BCUT2D eigenvalue weighted by molar-refractivity contribution is 0.0466. The maximum absolute atomic E-state index is 13.0. The minimum absolute atomic E-state index is 0.0258. The molecule has 0 unspecified atom stereocenters. The Bertz CT molecular complexity index is 751. The zero-order valence-electron chi connectivity index (χ0n) is 15.7. The van der Waals surface area contributed by atoms with E-state index in [1.165, 1.54) is 0 Å². The highest BCUT2D eigenvalue weighted by atomic mass is 16.5. The van der Waals surface area contributed by atoms with Crippen LogP contribution < -0.4 is 5.32 Å². The number of rotatable bonds is 7. The van der Waals surface area contributed by atoms with Gasteiger partial charge in [0.2, 0.25) is 0 Å². The monoisotopic (exact) mass is 369 g/mol. The van der Waals surface area contributed by atoms with Crippen LogP contribution in [0.3, 0.4) is 0 Å². The van der Waals surface area contributed by atoms with E-state index in [0.29, 0.717) is 11.3 Å². The Hall–Kier alpha value is -2.60. The minimum atomic E-state index is -0.457. The third-order valence-electron chi connectivity index (χ3n) is 4.84. The van der Waals surface area contributed by atoms with E-state index in [0.717, 1.165) is 44.5 Å². The Labute approximate surface area is 159 Å². The molecule has 3 rings (SSSR count). The summed E-state index contributed by atoms with van der Waals surface area (Å²) in [6.07, 6.45) is 4.43. The number of hydrogen-bond donors (Lipinski definition) is 2. The lowest BCUT2D eigenvalue weighted by Crippen LogP contribution is -2.46. The average molecular weight is 369 g/mol. The summed E-state index contributed by atoms with van der Waals surface area (Å²) in [6.45, 7) is 4.87. The maximum atomic E-state index is 13.0. The van der Waals surface area contributed by atoms with Crippen LogP contribution in [-0.4, -0.2) is 47.4 Å². The number of carbonyl (C=O) groups excluding carboxylic acids is 2. The summed E-state index contributed by atoms with van der Waals surface area (Å²) >= 11 is 0. The molecule has 1 aromatic carbocycles. The number of esters is 1. The number of aromatic amines is 1. The van der Waals surface area contributed by atoms with Crippen LogP contribution in [0.1, 0.15) is 52.6 Å². The molecular formula is C21H27N3O3. The topological polar surface area (TPSA) is 74.4 Å². The lowest BCUT2D eigenvalue weighted by Gasteiger charge is -2.34. The summed E-state index contributed by atoms with van der Waals surface area (Å²) in [7, 11) is 0. The molecule has 1 aliphatic rings. The Balaban J connectivity index is 1.64. The number of nitrogens with one attached hydrogen (secondary N) is 2. The molecule has 0 saturated carbocycles. The van der Waals surface area contributed by atoms with Gasteiger partial charge in [-0.15, -0.1) is 0 Å². The van der Waals surface area contributed by atoms with Gasteiger partial charge in [0.1, 0.15) is 12.3 Å². The van der Waals surface area contributed by atoms with Crippen molar-refractivity contribution in [2.75, 3.05) is 19.6 Å². The summed E-state index contributed by atoms with van der Waals surface area (Å²) in [5.74, 6) is -0.482. The van der Waals surface area contributed by atoms with Crippen molar-refractivity contribution >= 4 is 11.9 Å². The highest BCUT2D eigenvalue weighted by Gasteiger charge is 2.26. The molecule has 0 bridgehead atoms. The number of benzene rings is 1. The van der Waals surface area contributed by atoms with Gasteiger partial charge in [-0.3, -0.25) is 4.79 Å². The van der Waals surface area contributed by atoms with Crippen LogP contribution in [0.5, 0.6) is 0 Å². The first-order valence-corrected chi connectivity index (χ1v) is 9.60. The van der Waals surface area contributed by atoms with Gasteiger partial charge in [0.05, 0.1) is 5.56 Å². The molecule has 6 nitrogen and oxygen atoms in total. The third-order valence-corrected chi connectivity index (χ3v) is 4.84. The van der Waals surface area contributed by atoms with E-state index < -0.39 is 5.97 Å². The van der Waals surface area contributed by atoms with Gasteiger partial charge in [-0.05, 0) is 44.0 Å². The molecule has 6 heteroatoms. The van der Waals surface area contributed by atoms with E-state index in [1.54, 1.807) is 12.3 Å². The van der Waals surface area contributed by atoms with E-state index in [1.807, 2.05) is 35.2 Å². The number of carbonyl (C=O) groups is 2. The van der Waals surface area contributed by atoms with E-state index in [9.17, 15) is 9.59 Å². The molecule has 0 spiro atoms. The number of aromatic nitrogens is 1. The van der Waals surface area contributed by atoms with Crippen LogP contribution in [-0.2, 0) is 11.3 Å². The second kappa shape index (κ2) is 9.37. The summed E-state index contributed by atoms with van der Waals surface area (Å²) in [5, 5.41) is 3.33. The van der Waals surface area contributed by atoms with Crippen LogP contribution in [0, 0.1) is 0 Å². The Morgan fingerprint density at radius 2 is 1.93 bits per heavy atom. The van der Waals surface area contributed by atoms with Gasteiger partial charge in [0.15, 0.2) is 0 Å². The summed E-state index contributed by atoms with van der Waals surface area (Å²) in [5.41, 5.74) is 1.73. The van der Waals surface area contributed by atoms with E-state index >= 15 is 0 Å². The Morgan fingerprint density at radius 3 is 2.63 bits per heavy atom. The summed E-state index contributed by atoms with van der Waals surface area (Å²) < 4.78 is 5.33. The van der Waals surface area contributed by atoms with Crippen LogP contribution in [0.4, 0.5) is 0 Å². The molecule has 0 aliphatic carbocycles. The fourth-order valence-electron chi connectivity index (χ4n) is 3.41. The number of nitrogens with zero attached hydrogens (tertiary/aromatic N) is 1. The molecule has 1 aliphatic heterocycles. The fourth-order valence-corrected chi connectivity index (χ4v) is 3.41. The second-order valence-corrected chi connectivity index (χ2v) is 6.84. The predicted octanol–water partition coefficient (Wildman–Crippen LogP) is 2.98. The average Bonchev–Trinajstić information content (AvgIpc) is 3.21. The molecule has 0 atom stereocenters. The van der Waals surface area contributed by atoms with Gasteiger partial charge >= 0.3 is 5.97 Å². The molecule has 1 saturated heterocycles. The number of H-pyrrole nitrogens is 1. The van der Waals surface area contributed by atoms with Crippen molar-refractivity contribution in [1.29, 1.82) is 0 Å². The Morgan fingerprint density at radius 1 is 1.19 bits per heavy atom. The van der Waals surface area contributed by atoms with Gasteiger partial charge < -0.3 is 19.9 Å². The molecule has 1 aromatic heterocycles. The zero-order valence-corrected chi connectivity index (χ0v) is 15.7. The normalized spacial score (nSPS) is 14.7. The van der Waals surface area contributed by atoms with Crippen LogP contribution >= 0.6 is 0 Å². The van der Waals surface area contributed by atoms with Crippen molar-refractivity contribution in [2.45, 2.75) is 38.8 Å². The third kappa shape index (κ3) is 4.98. The fraction of sp³-hybridized carbons (Fsp3) is 0.429.